The fourth-order valence-corrected chi connectivity index (χ4v) is 1.63. The molecule has 1 aromatic heterocycles. The van der Waals surface area contributed by atoms with Crippen molar-refractivity contribution in [3.63, 3.8) is 0 Å². The van der Waals surface area contributed by atoms with E-state index in [4.69, 9.17) is 0 Å². The summed E-state index contributed by atoms with van der Waals surface area (Å²) in [5.41, 5.74) is 3.17. The minimum Gasteiger partial charge on any atom is -0.266 e. The third kappa shape index (κ3) is 1.92. The molecule has 0 N–H and O–H groups in total. The monoisotopic (exact) mass is 213 g/mol. The third-order valence-corrected chi connectivity index (χ3v) is 2.34. The molecule has 0 aliphatic carbocycles. The first kappa shape index (κ1) is 10.3. The van der Waals surface area contributed by atoms with Crippen LogP contribution in [0.5, 0.6) is 0 Å². The normalized spacial score (nSPS) is 9.88. The van der Waals surface area contributed by atoms with Gasteiger partial charge in [-0.15, -0.1) is 4.99 Å². The largest absolute Gasteiger partial charge is 0.266 e. The molecule has 4 heteroatoms. The van der Waals surface area contributed by atoms with Crippen molar-refractivity contribution in [2.75, 3.05) is 0 Å². The summed E-state index contributed by atoms with van der Waals surface area (Å²) >= 11 is 0. The van der Waals surface area contributed by atoms with E-state index in [1.165, 1.54) is 11.6 Å². The molecule has 0 radical (unpaired) electrons. The maximum atomic E-state index is 10.1. The van der Waals surface area contributed by atoms with Crippen molar-refractivity contribution < 1.29 is 4.79 Å². The number of aromatic nitrogens is 2. The van der Waals surface area contributed by atoms with Crippen molar-refractivity contribution in [2.24, 2.45) is 12.0 Å². The van der Waals surface area contributed by atoms with Crippen LogP contribution >= 0.6 is 0 Å². The van der Waals surface area contributed by atoms with Crippen LogP contribution in [-0.2, 0) is 11.8 Å². The number of carbonyl (C=O) groups excluding carboxylic acids is 1. The Hall–Kier alpha value is -2.19. The van der Waals surface area contributed by atoms with Crippen molar-refractivity contribution >= 4 is 11.9 Å². The van der Waals surface area contributed by atoms with Crippen molar-refractivity contribution in [3.8, 4) is 11.3 Å². The van der Waals surface area contributed by atoms with Crippen LogP contribution in [0.3, 0.4) is 0 Å². The molecule has 0 saturated heterocycles. The summed E-state index contributed by atoms with van der Waals surface area (Å²) < 4.78 is 1.70. The number of hydrogen-bond donors (Lipinski definition) is 0. The summed E-state index contributed by atoms with van der Waals surface area (Å²) in [6.07, 6.45) is 1.49. The average molecular weight is 213 g/mol. The molecule has 0 fully saturated rings. The van der Waals surface area contributed by atoms with Crippen LogP contribution in [0.15, 0.2) is 35.3 Å². The van der Waals surface area contributed by atoms with Crippen LogP contribution in [0.1, 0.15) is 5.56 Å². The molecule has 0 atom stereocenters. The van der Waals surface area contributed by atoms with Gasteiger partial charge in [0.05, 0.1) is 5.69 Å². The van der Waals surface area contributed by atoms with Gasteiger partial charge in [0.15, 0.2) is 5.82 Å². The predicted octanol–water partition coefficient (Wildman–Crippen LogP) is 2.36. The number of isocyanates is 1. The van der Waals surface area contributed by atoms with Crippen LogP contribution in [-0.4, -0.2) is 15.9 Å². The van der Waals surface area contributed by atoms with Gasteiger partial charge in [-0.1, -0.05) is 23.8 Å². The number of benzene rings is 1. The van der Waals surface area contributed by atoms with Gasteiger partial charge in [0.25, 0.3) is 0 Å². The Morgan fingerprint density at radius 1 is 1.38 bits per heavy atom. The van der Waals surface area contributed by atoms with Crippen molar-refractivity contribution in [3.05, 3.63) is 35.9 Å². The molecule has 2 aromatic rings. The highest BCUT2D eigenvalue weighted by Gasteiger charge is 2.06. The topological polar surface area (TPSA) is 47.2 Å². The molecular formula is C12H11N3O. The number of rotatable bonds is 2. The van der Waals surface area contributed by atoms with Crippen LogP contribution in [0.25, 0.3) is 11.3 Å². The lowest BCUT2D eigenvalue weighted by Gasteiger charge is -2.02. The Labute approximate surface area is 93.2 Å². The summed E-state index contributed by atoms with van der Waals surface area (Å²) in [7, 11) is 1.82. The fraction of sp³-hybridized carbons (Fsp3) is 0.167. The summed E-state index contributed by atoms with van der Waals surface area (Å²) in [4.78, 5) is 13.6. The highest BCUT2D eigenvalue weighted by atomic mass is 16.1. The van der Waals surface area contributed by atoms with Crippen LogP contribution in [0.2, 0.25) is 0 Å². The van der Waals surface area contributed by atoms with Gasteiger partial charge in [-0.2, -0.15) is 5.10 Å². The summed E-state index contributed by atoms with van der Waals surface area (Å²) in [5, 5.41) is 4.09. The second kappa shape index (κ2) is 4.13. The molecule has 0 bridgehead atoms. The van der Waals surface area contributed by atoms with Crippen molar-refractivity contribution in [2.45, 2.75) is 6.92 Å². The van der Waals surface area contributed by atoms with Crippen LogP contribution < -0.4 is 0 Å². The first-order valence-corrected chi connectivity index (χ1v) is 4.89. The van der Waals surface area contributed by atoms with Gasteiger partial charge in [-0.3, -0.25) is 4.68 Å². The molecule has 0 unspecified atom stereocenters. The molecule has 2 rings (SSSR count). The first-order chi connectivity index (χ1) is 7.70. The summed E-state index contributed by atoms with van der Waals surface area (Å²) in [6.45, 7) is 2.03. The molecule has 1 heterocycles. The molecule has 0 aliphatic rings. The molecule has 80 valence electrons. The first-order valence-electron chi connectivity index (χ1n) is 4.89. The van der Waals surface area contributed by atoms with E-state index in [0.717, 1.165) is 11.3 Å². The zero-order valence-corrected chi connectivity index (χ0v) is 9.14. The van der Waals surface area contributed by atoms with E-state index in [-0.39, 0.29) is 0 Å². The quantitative estimate of drug-likeness (QED) is 0.568. The number of hydrogen-bond acceptors (Lipinski definition) is 3. The van der Waals surface area contributed by atoms with E-state index in [2.05, 4.69) is 16.2 Å². The van der Waals surface area contributed by atoms with Gasteiger partial charge in [-0.05, 0) is 13.0 Å². The summed E-state index contributed by atoms with van der Waals surface area (Å²) in [6, 6.07) is 9.84. The SMILES string of the molecule is Cc1cccc(-c2cc(N=C=O)nn2C)c1. The van der Waals surface area contributed by atoms with Crippen molar-refractivity contribution in [1.82, 2.24) is 9.78 Å². The Morgan fingerprint density at radius 3 is 2.88 bits per heavy atom. The van der Waals surface area contributed by atoms with E-state index < -0.39 is 0 Å². The lowest BCUT2D eigenvalue weighted by Crippen LogP contribution is -1.93. The van der Waals surface area contributed by atoms with Gasteiger partial charge in [-0.25, -0.2) is 4.79 Å². The Morgan fingerprint density at radius 2 is 2.19 bits per heavy atom. The second-order valence-electron chi connectivity index (χ2n) is 3.58. The molecule has 1 aromatic carbocycles. The van der Waals surface area contributed by atoms with Crippen LogP contribution in [0, 0.1) is 6.92 Å². The van der Waals surface area contributed by atoms with E-state index in [1.54, 1.807) is 10.7 Å². The second-order valence-corrected chi connectivity index (χ2v) is 3.58. The molecule has 0 spiro atoms. The molecule has 0 aliphatic heterocycles. The van der Waals surface area contributed by atoms with Gasteiger partial charge < -0.3 is 0 Å². The Balaban J connectivity index is 2.51. The van der Waals surface area contributed by atoms with Gasteiger partial charge in [0.2, 0.25) is 6.08 Å². The Kier molecular flexibility index (Phi) is 2.66. The fourth-order valence-electron chi connectivity index (χ4n) is 1.63. The van der Waals surface area contributed by atoms with E-state index in [1.807, 2.05) is 32.2 Å². The number of nitrogens with zero attached hydrogens (tertiary/aromatic N) is 3. The lowest BCUT2D eigenvalue weighted by molar-refractivity contribution is 0.565. The van der Waals surface area contributed by atoms with Crippen molar-refractivity contribution in [1.29, 1.82) is 0 Å². The predicted molar refractivity (Wildman–Crippen MR) is 61.2 cm³/mol. The minimum absolute atomic E-state index is 0.383. The maximum Gasteiger partial charge on any atom is 0.242 e. The third-order valence-electron chi connectivity index (χ3n) is 2.34. The van der Waals surface area contributed by atoms with Gasteiger partial charge >= 0.3 is 0 Å². The van der Waals surface area contributed by atoms with Crippen LogP contribution in [0.4, 0.5) is 5.82 Å². The lowest BCUT2D eigenvalue weighted by atomic mass is 10.1. The molecule has 16 heavy (non-hydrogen) atoms. The van der Waals surface area contributed by atoms with E-state index in [0.29, 0.717) is 5.82 Å². The number of aliphatic imine (C=N–C) groups is 1. The zero-order chi connectivity index (χ0) is 11.5. The standard InChI is InChI=1S/C12H11N3O/c1-9-4-3-5-10(6-9)11-7-12(13-8-16)14-15(11)2/h3-7H,1-2H3. The van der Waals surface area contributed by atoms with Gasteiger partial charge in [0.1, 0.15) is 0 Å². The highest BCUT2D eigenvalue weighted by molar-refractivity contribution is 5.64. The van der Waals surface area contributed by atoms with E-state index in [9.17, 15) is 4.79 Å². The maximum absolute atomic E-state index is 10.1. The smallest absolute Gasteiger partial charge is 0.242 e. The number of aryl methyl sites for hydroxylation is 2. The minimum atomic E-state index is 0.383. The molecule has 4 nitrogen and oxygen atoms in total. The molecular weight excluding hydrogens is 202 g/mol. The average Bonchev–Trinajstić information content (AvgIpc) is 2.60. The van der Waals surface area contributed by atoms with E-state index >= 15 is 0 Å². The highest BCUT2D eigenvalue weighted by Crippen LogP contribution is 2.23. The van der Waals surface area contributed by atoms with Gasteiger partial charge in [0, 0.05) is 18.7 Å². The Bertz CT molecular complexity index is 565. The summed E-state index contributed by atoms with van der Waals surface area (Å²) in [5.74, 6) is 0.383. The molecule has 0 amide bonds. The molecule has 0 saturated carbocycles. The zero-order valence-electron chi connectivity index (χ0n) is 9.14.